The van der Waals surface area contributed by atoms with Crippen LogP contribution in [0.15, 0.2) is 61.1 Å². The summed E-state index contributed by atoms with van der Waals surface area (Å²) >= 11 is 0. The van der Waals surface area contributed by atoms with Crippen LogP contribution < -0.4 is 10.1 Å². The standard InChI is InChI=1S/C19H18N4O2/c24-19(22-16-8-12-25-18-4-2-1-3-15(16)18)13-23-17(7-11-21-23)14-5-9-20-10-6-14/h1-7,9-11,16H,8,12-13H2,(H,22,24)/t16-/m0/s1. The molecule has 1 aliphatic heterocycles. The maximum atomic E-state index is 12.5. The Balaban J connectivity index is 1.49. The number of rotatable bonds is 4. The van der Waals surface area contributed by atoms with Gasteiger partial charge < -0.3 is 10.1 Å². The maximum absolute atomic E-state index is 12.5. The van der Waals surface area contributed by atoms with Crippen molar-refractivity contribution in [2.75, 3.05) is 6.61 Å². The van der Waals surface area contributed by atoms with Gasteiger partial charge in [-0.3, -0.25) is 14.5 Å². The predicted octanol–water partition coefficient (Wildman–Crippen LogP) is 2.59. The Morgan fingerprint density at radius 1 is 1.16 bits per heavy atom. The van der Waals surface area contributed by atoms with E-state index in [9.17, 15) is 4.79 Å². The van der Waals surface area contributed by atoms with Crippen LogP contribution in [0.1, 0.15) is 18.0 Å². The molecule has 2 aromatic heterocycles. The molecule has 4 rings (SSSR count). The number of fused-ring (bicyclic) bond motifs is 1. The smallest absolute Gasteiger partial charge is 0.242 e. The van der Waals surface area contributed by atoms with E-state index in [0.717, 1.165) is 29.0 Å². The Morgan fingerprint density at radius 2 is 2.00 bits per heavy atom. The molecule has 0 aliphatic carbocycles. The number of nitrogens with one attached hydrogen (secondary N) is 1. The lowest BCUT2D eigenvalue weighted by atomic mass is 10.0. The van der Waals surface area contributed by atoms with Gasteiger partial charge in [0, 0.05) is 36.1 Å². The fourth-order valence-corrected chi connectivity index (χ4v) is 3.09. The molecule has 6 nitrogen and oxygen atoms in total. The summed E-state index contributed by atoms with van der Waals surface area (Å²) in [5.74, 6) is 0.774. The molecule has 0 saturated heterocycles. The van der Waals surface area contributed by atoms with Gasteiger partial charge in [-0.2, -0.15) is 5.10 Å². The molecule has 6 heteroatoms. The molecule has 0 radical (unpaired) electrons. The number of para-hydroxylation sites is 1. The molecule has 1 amide bonds. The van der Waals surface area contributed by atoms with Crippen LogP contribution in [-0.2, 0) is 11.3 Å². The van der Waals surface area contributed by atoms with Gasteiger partial charge in [-0.05, 0) is 24.3 Å². The summed E-state index contributed by atoms with van der Waals surface area (Å²) in [5, 5.41) is 7.38. The first kappa shape index (κ1) is 15.4. The van der Waals surface area contributed by atoms with Gasteiger partial charge in [0.25, 0.3) is 0 Å². The Morgan fingerprint density at radius 3 is 2.88 bits per heavy atom. The largest absolute Gasteiger partial charge is 0.493 e. The van der Waals surface area contributed by atoms with E-state index in [1.165, 1.54) is 0 Å². The minimum atomic E-state index is -0.0688. The summed E-state index contributed by atoms with van der Waals surface area (Å²) in [4.78, 5) is 16.6. The summed E-state index contributed by atoms with van der Waals surface area (Å²) in [6.45, 7) is 0.774. The summed E-state index contributed by atoms with van der Waals surface area (Å²) in [6, 6.07) is 13.5. The minimum Gasteiger partial charge on any atom is -0.493 e. The van der Waals surface area contributed by atoms with Gasteiger partial charge in [-0.25, -0.2) is 0 Å². The molecule has 3 heterocycles. The molecular formula is C19H18N4O2. The van der Waals surface area contributed by atoms with Crippen LogP contribution in [0.2, 0.25) is 0 Å². The second-order valence-corrected chi connectivity index (χ2v) is 5.91. The van der Waals surface area contributed by atoms with Crippen molar-refractivity contribution in [1.29, 1.82) is 0 Å². The van der Waals surface area contributed by atoms with Crippen molar-refractivity contribution < 1.29 is 9.53 Å². The van der Waals surface area contributed by atoms with Gasteiger partial charge in [0.2, 0.25) is 5.91 Å². The van der Waals surface area contributed by atoms with Crippen molar-refractivity contribution in [1.82, 2.24) is 20.1 Å². The molecule has 1 N–H and O–H groups in total. The van der Waals surface area contributed by atoms with Crippen molar-refractivity contribution in [2.45, 2.75) is 19.0 Å². The number of amides is 1. The number of carbonyl (C=O) groups is 1. The minimum absolute atomic E-state index is 0.0302. The van der Waals surface area contributed by atoms with E-state index in [1.54, 1.807) is 23.3 Å². The van der Waals surface area contributed by atoms with Gasteiger partial charge in [-0.15, -0.1) is 0 Å². The molecule has 0 fully saturated rings. The molecule has 25 heavy (non-hydrogen) atoms. The summed E-state index contributed by atoms with van der Waals surface area (Å²) < 4.78 is 7.35. The lowest BCUT2D eigenvalue weighted by Crippen LogP contribution is -2.34. The normalized spacial score (nSPS) is 15.9. The van der Waals surface area contributed by atoms with E-state index in [0.29, 0.717) is 6.61 Å². The quantitative estimate of drug-likeness (QED) is 0.796. The number of carbonyl (C=O) groups excluding carboxylic acids is 1. The summed E-state index contributed by atoms with van der Waals surface area (Å²) in [6.07, 6.45) is 5.92. The highest BCUT2D eigenvalue weighted by Gasteiger charge is 2.23. The van der Waals surface area contributed by atoms with Crippen molar-refractivity contribution in [3.05, 3.63) is 66.6 Å². The molecule has 0 saturated carbocycles. The molecule has 0 bridgehead atoms. The van der Waals surface area contributed by atoms with Gasteiger partial charge in [-0.1, -0.05) is 18.2 Å². The summed E-state index contributed by atoms with van der Waals surface area (Å²) in [5.41, 5.74) is 2.90. The van der Waals surface area contributed by atoms with Gasteiger partial charge >= 0.3 is 0 Å². The van der Waals surface area contributed by atoms with E-state index in [2.05, 4.69) is 15.4 Å². The first-order chi connectivity index (χ1) is 12.3. The average Bonchev–Trinajstić information content (AvgIpc) is 3.11. The van der Waals surface area contributed by atoms with Gasteiger partial charge in [0.1, 0.15) is 12.3 Å². The molecule has 0 unspecified atom stereocenters. The second-order valence-electron chi connectivity index (χ2n) is 5.91. The van der Waals surface area contributed by atoms with E-state index >= 15 is 0 Å². The van der Waals surface area contributed by atoms with Crippen LogP contribution in [0.25, 0.3) is 11.3 Å². The maximum Gasteiger partial charge on any atom is 0.242 e. The van der Waals surface area contributed by atoms with Gasteiger partial charge in [0.05, 0.1) is 18.3 Å². The summed E-state index contributed by atoms with van der Waals surface area (Å²) in [7, 11) is 0. The molecule has 1 aromatic carbocycles. The molecule has 1 atom stereocenters. The number of pyridine rings is 1. The Kier molecular flexibility index (Phi) is 4.16. The van der Waals surface area contributed by atoms with Gasteiger partial charge in [0.15, 0.2) is 0 Å². The molecule has 126 valence electrons. The highest BCUT2D eigenvalue weighted by atomic mass is 16.5. The third-order valence-corrected chi connectivity index (χ3v) is 4.28. The second kappa shape index (κ2) is 6.76. The SMILES string of the molecule is O=C(Cn1nccc1-c1ccncc1)N[C@H]1CCOc2ccccc21. The average molecular weight is 334 g/mol. The first-order valence-electron chi connectivity index (χ1n) is 8.24. The number of aromatic nitrogens is 3. The number of hydrogen-bond donors (Lipinski definition) is 1. The highest BCUT2D eigenvalue weighted by molar-refractivity contribution is 5.77. The van der Waals surface area contributed by atoms with Crippen LogP contribution in [0.5, 0.6) is 5.75 Å². The lowest BCUT2D eigenvalue weighted by molar-refractivity contribution is -0.122. The predicted molar refractivity (Wildman–Crippen MR) is 92.9 cm³/mol. The molecule has 0 spiro atoms. The zero-order valence-corrected chi connectivity index (χ0v) is 13.6. The van der Waals surface area contributed by atoms with Crippen LogP contribution in [0, 0.1) is 0 Å². The fourth-order valence-electron chi connectivity index (χ4n) is 3.09. The third-order valence-electron chi connectivity index (χ3n) is 4.28. The highest BCUT2D eigenvalue weighted by Crippen LogP contribution is 2.31. The van der Waals surface area contributed by atoms with Crippen molar-refractivity contribution in [3.8, 4) is 17.0 Å². The van der Waals surface area contributed by atoms with E-state index in [1.807, 2.05) is 42.5 Å². The van der Waals surface area contributed by atoms with Crippen molar-refractivity contribution in [3.63, 3.8) is 0 Å². The topological polar surface area (TPSA) is 69.0 Å². The number of nitrogens with zero attached hydrogens (tertiary/aromatic N) is 3. The lowest BCUT2D eigenvalue weighted by Gasteiger charge is -2.26. The Labute approximate surface area is 145 Å². The zero-order chi connectivity index (χ0) is 17.1. The van der Waals surface area contributed by atoms with E-state index < -0.39 is 0 Å². The van der Waals surface area contributed by atoms with Crippen LogP contribution >= 0.6 is 0 Å². The zero-order valence-electron chi connectivity index (χ0n) is 13.6. The molecule has 3 aromatic rings. The Hall–Kier alpha value is -3.15. The fraction of sp³-hybridized carbons (Fsp3) is 0.211. The van der Waals surface area contributed by atoms with Crippen LogP contribution in [0.3, 0.4) is 0 Å². The first-order valence-corrected chi connectivity index (χ1v) is 8.24. The van der Waals surface area contributed by atoms with E-state index in [-0.39, 0.29) is 18.5 Å². The molecular weight excluding hydrogens is 316 g/mol. The van der Waals surface area contributed by atoms with Crippen molar-refractivity contribution in [2.24, 2.45) is 0 Å². The third kappa shape index (κ3) is 3.24. The number of benzene rings is 1. The van der Waals surface area contributed by atoms with E-state index in [4.69, 9.17) is 4.74 Å². The Bertz CT molecular complexity index is 876. The van der Waals surface area contributed by atoms with Crippen molar-refractivity contribution >= 4 is 5.91 Å². The number of ether oxygens (including phenoxy) is 1. The molecule has 1 aliphatic rings. The monoisotopic (exact) mass is 334 g/mol. The number of hydrogen-bond acceptors (Lipinski definition) is 4. The van der Waals surface area contributed by atoms with Crippen LogP contribution in [-0.4, -0.2) is 27.3 Å². The van der Waals surface area contributed by atoms with Crippen LogP contribution in [0.4, 0.5) is 0 Å².